The van der Waals surface area contributed by atoms with Gasteiger partial charge in [0.15, 0.2) is 11.5 Å². The molecule has 0 aliphatic carbocycles. The summed E-state index contributed by atoms with van der Waals surface area (Å²) in [5, 5.41) is 15.7. The maximum absolute atomic E-state index is 5.82. The molecule has 1 aliphatic rings. The topological polar surface area (TPSA) is 85.2 Å². The zero-order valence-electron chi connectivity index (χ0n) is 10.5. The van der Waals surface area contributed by atoms with E-state index in [2.05, 4.69) is 32.4 Å². The molecule has 2 N–H and O–H groups in total. The van der Waals surface area contributed by atoms with Crippen molar-refractivity contribution in [2.45, 2.75) is 19.8 Å². The standard InChI is InChI=1S/C11H17N7/c1-11(8-12)4-6-17(7-5-11)10-3-2-9-13-15-16-18(9)14-10/h2-3H,4-8,12H2,1H3. The predicted molar refractivity (Wildman–Crippen MR) is 67.2 cm³/mol. The van der Waals surface area contributed by atoms with E-state index in [0.717, 1.165) is 38.3 Å². The molecule has 0 aromatic carbocycles. The molecule has 0 radical (unpaired) electrons. The molecule has 96 valence electrons. The summed E-state index contributed by atoms with van der Waals surface area (Å²) >= 11 is 0. The molecule has 0 spiro atoms. The third-order valence-electron chi connectivity index (χ3n) is 3.84. The lowest BCUT2D eigenvalue weighted by Crippen LogP contribution is -2.42. The van der Waals surface area contributed by atoms with Gasteiger partial charge in [-0.3, -0.25) is 0 Å². The smallest absolute Gasteiger partial charge is 0.200 e. The highest BCUT2D eigenvalue weighted by molar-refractivity contribution is 5.44. The van der Waals surface area contributed by atoms with E-state index in [4.69, 9.17) is 5.73 Å². The van der Waals surface area contributed by atoms with Crippen LogP contribution in [0.25, 0.3) is 5.65 Å². The largest absolute Gasteiger partial charge is 0.355 e. The molecule has 2 aromatic rings. The average molecular weight is 247 g/mol. The molecule has 3 rings (SSSR count). The van der Waals surface area contributed by atoms with Crippen LogP contribution in [0.4, 0.5) is 5.82 Å². The number of piperidine rings is 1. The molecule has 0 amide bonds. The van der Waals surface area contributed by atoms with Crippen LogP contribution in [0.1, 0.15) is 19.8 Å². The Balaban J connectivity index is 1.79. The fraction of sp³-hybridized carbons (Fsp3) is 0.636. The van der Waals surface area contributed by atoms with Crippen molar-refractivity contribution in [2.24, 2.45) is 11.1 Å². The van der Waals surface area contributed by atoms with Crippen LogP contribution in [0.2, 0.25) is 0 Å². The van der Waals surface area contributed by atoms with Gasteiger partial charge in [-0.25, -0.2) is 0 Å². The minimum atomic E-state index is 0.273. The van der Waals surface area contributed by atoms with Gasteiger partial charge in [0.25, 0.3) is 0 Å². The van der Waals surface area contributed by atoms with Crippen LogP contribution in [0.3, 0.4) is 0 Å². The van der Waals surface area contributed by atoms with Gasteiger partial charge < -0.3 is 10.6 Å². The number of aromatic nitrogens is 5. The van der Waals surface area contributed by atoms with Crippen molar-refractivity contribution in [3.63, 3.8) is 0 Å². The second-order valence-corrected chi connectivity index (χ2v) is 5.22. The van der Waals surface area contributed by atoms with Crippen LogP contribution in [0.15, 0.2) is 12.1 Å². The van der Waals surface area contributed by atoms with Gasteiger partial charge in [-0.05, 0) is 47.4 Å². The highest BCUT2D eigenvalue weighted by atomic mass is 15.6. The molecule has 2 aromatic heterocycles. The molecule has 0 atom stereocenters. The molecule has 7 heteroatoms. The third kappa shape index (κ3) is 1.90. The fourth-order valence-corrected chi connectivity index (χ4v) is 2.29. The van der Waals surface area contributed by atoms with Crippen molar-refractivity contribution in [1.82, 2.24) is 25.3 Å². The van der Waals surface area contributed by atoms with Crippen molar-refractivity contribution in [3.8, 4) is 0 Å². The van der Waals surface area contributed by atoms with Gasteiger partial charge in [0.05, 0.1) is 0 Å². The van der Waals surface area contributed by atoms with E-state index in [1.165, 1.54) is 4.63 Å². The monoisotopic (exact) mass is 247 g/mol. The molecule has 0 bridgehead atoms. The number of nitrogens with two attached hydrogens (primary N) is 1. The Labute approximate surface area is 105 Å². The summed E-state index contributed by atoms with van der Waals surface area (Å²) < 4.78 is 1.46. The normalized spacial score (nSPS) is 19.3. The maximum atomic E-state index is 5.82. The van der Waals surface area contributed by atoms with Crippen molar-refractivity contribution in [3.05, 3.63) is 12.1 Å². The molecular formula is C11H17N7. The van der Waals surface area contributed by atoms with Gasteiger partial charge >= 0.3 is 0 Å². The minimum Gasteiger partial charge on any atom is -0.355 e. The van der Waals surface area contributed by atoms with Crippen LogP contribution in [-0.2, 0) is 0 Å². The Hall–Kier alpha value is -1.76. The number of nitrogens with zero attached hydrogens (tertiary/aromatic N) is 6. The van der Waals surface area contributed by atoms with Gasteiger partial charge in [-0.1, -0.05) is 6.92 Å². The van der Waals surface area contributed by atoms with Gasteiger partial charge in [0.1, 0.15) is 0 Å². The second-order valence-electron chi connectivity index (χ2n) is 5.22. The number of tetrazole rings is 1. The van der Waals surface area contributed by atoms with E-state index in [-0.39, 0.29) is 5.41 Å². The van der Waals surface area contributed by atoms with Crippen LogP contribution in [0.5, 0.6) is 0 Å². The summed E-state index contributed by atoms with van der Waals surface area (Å²) in [6, 6.07) is 3.86. The number of rotatable bonds is 2. The number of hydrogen-bond acceptors (Lipinski definition) is 6. The molecule has 3 heterocycles. The quantitative estimate of drug-likeness (QED) is 0.809. The van der Waals surface area contributed by atoms with Gasteiger partial charge in [0.2, 0.25) is 0 Å². The van der Waals surface area contributed by atoms with Crippen LogP contribution in [0, 0.1) is 5.41 Å². The van der Waals surface area contributed by atoms with Gasteiger partial charge in [-0.15, -0.1) is 14.8 Å². The highest BCUT2D eigenvalue weighted by Gasteiger charge is 2.29. The summed E-state index contributed by atoms with van der Waals surface area (Å²) in [4.78, 5) is 2.26. The Bertz CT molecular complexity index is 541. The van der Waals surface area contributed by atoms with Crippen molar-refractivity contribution < 1.29 is 0 Å². The van der Waals surface area contributed by atoms with E-state index in [1.807, 2.05) is 12.1 Å². The van der Waals surface area contributed by atoms with Crippen LogP contribution in [-0.4, -0.2) is 44.9 Å². The average Bonchev–Trinajstić information content (AvgIpc) is 2.87. The number of fused-ring (bicyclic) bond motifs is 1. The zero-order chi connectivity index (χ0) is 12.6. The Morgan fingerprint density at radius 2 is 2.11 bits per heavy atom. The van der Waals surface area contributed by atoms with Gasteiger partial charge in [-0.2, -0.15) is 0 Å². The lowest BCUT2D eigenvalue weighted by Gasteiger charge is -2.39. The summed E-state index contributed by atoms with van der Waals surface area (Å²) in [7, 11) is 0. The lowest BCUT2D eigenvalue weighted by molar-refractivity contribution is 0.257. The molecular weight excluding hydrogens is 230 g/mol. The summed E-state index contributed by atoms with van der Waals surface area (Å²) in [5.74, 6) is 0.925. The molecule has 1 saturated heterocycles. The van der Waals surface area contributed by atoms with Crippen LogP contribution >= 0.6 is 0 Å². The molecule has 0 unspecified atom stereocenters. The Morgan fingerprint density at radius 3 is 2.83 bits per heavy atom. The first-order chi connectivity index (χ1) is 8.70. The first-order valence-corrected chi connectivity index (χ1v) is 6.21. The van der Waals surface area contributed by atoms with Gasteiger partial charge in [0, 0.05) is 13.1 Å². The predicted octanol–water partition coefficient (Wildman–Crippen LogP) is 0.0845. The first kappa shape index (κ1) is 11.3. The highest BCUT2D eigenvalue weighted by Crippen LogP contribution is 2.31. The Kier molecular flexibility index (Phi) is 2.62. The van der Waals surface area contributed by atoms with E-state index in [0.29, 0.717) is 5.65 Å². The minimum absolute atomic E-state index is 0.273. The Morgan fingerprint density at radius 1 is 1.33 bits per heavy atom. The third-order valence-corrected chi connectivity index (χ3v) is 3.84. The van der Waals surface area contributed by atoms with Crippen molar-refractivity contribution in [2.75, 3.05) is 24.5 Å². The lowest BCUT2D eigenvalue weighted by atomic mass is 9.80. The molecule has 7 nitrogen and oxygen atoms in total. The molecule has 1 aliphatic heterocycles. The summed E-state index contributed by atoms with van der Waals surface area (Å²) in [6.07, 6.45) is 2.19. The van der Waals surface area contributed by atoms with E-state index in [1.54, 1.807) is 0 Å². The zero-order valence-corrected chi connectivity index (χ0v) is 10.5. The first-order valence-electron chi connectivity index (χ1n) is 6.21. The number of hydrogen-bond donors (Lipinski definition) is 1. The molecule has 0 saturated carbocycles. The molecule has 1 fully saturated rings. The van der Waals surface area contributed by atoms with Crippen molar-refractivity contribution >= 4 is 11.5 Å². The van der Waals surface area contributed by atoms with Crippen LogP contribution < -0.4 is 10.6 Å². The second kappa shape index (κ2) is 4.16. The molecule has 18 heavy (non-hydrogen) atoms. The summed E-state index contributed by atoms with van der Waals surface area (Å²) in [5.41, 5.74) is 6.76. The van der Waals surface area contributed by atoms with Crippen molar-refractivity contribution in [1.29, 1.82) is 0 Å². The maximum Gasteiger partial charge on any atom is 0.200 e. The summed E-state index contributed by atoms with van der Waals surface area (Å²) in [6.45, 7) is 4.96. The van der Waals surface area contributed by atoms with E-state index < -0.39 is 0 Å². The van der Waals surface area contributed by atoms with E-state index in [9.17, 15) is 0 Å². The fourth-order valence-electron chi connectivity index (χ4n) is 2.29. The SMILES string of the molecule is CC1(CN)CCN(c2ccc3nnnn3n2)CC1. The van der Waals surface area contributed by atoms with E-state index >= 15 is 0 Å². The number of anilines is 1.